The number of nitrogens with one attached hydrogen (secondary N) is 1. The lowest BCUT2D eigenvalue weighted by molar-refractivity contribution is -0.00177. The monoisotopic (exact) mass is 302 g/mol. The predicted molar refractivity (Wildman–Crippen MR) is 74.5 cm³/mol. The largest absolute Gasteiger partial charge is 0.377 e. The Morgan fingerprint density at radius 2 is 2.25 bits per heavy atom. The van der Waals surface area contributed by atoms with Crippen LogP contribution in [0.25, 0.3) is 0 Å². The van der Waals surface area contributed by atoms with Crippen molar-refractivity contribution in [3.8, 4) is 0 Å². The molecule has 1 heterocycles. The molecular formula is C13H22N2O4S. The molecule has 2 atom stereocenters. The molecule has 0 unspecified atom stereocenters. The van der Waals surface area contributed by atoms with Crippen LogP contribution in [0, 0.1) is 5.92 Å². The van der Waals surface area contributed by atoms with Gasteiger partial charge in [0.05, 0.1) is 18.4 Å². The molecule has 0 aliphatic heterocycles. The number of sulfonamides is 1. The van der Waals surface area contributed by atoms with Crippen LogP contribution in [0.5, 0.6) is 0 Å². The standard InChI is InChI=1S/C13H22N2O4S/c1-11-4-2-3-5-13(11)18-9-7-14-20(16,17)10-12-6-8-19-15-12/h6,8,11,13-14H,2-5,7,9-10H2,1H3/t11-,13+/m0/s1. The normalized spacial score (nSPS) is 23.9. The summed E-state index contributed by atoms with van der Waals surface area (Å²) in [5, 5.41) is 3.59. The fourth-order valence-electron chi connectivity index (χ4n) is 2.50. The number of hydrogen-bond acceptors (Lipinski definition) is 5. The van der Waals surface area contributed by atoms with Crippen molar-refractivity contribution in [1.29, 1.82) is 0 Å². The van der Waals surface area contributed by atoms with E-state index < -0.39 is 10.0 Å². The van der Waals surface area contributed by atoms with Gasteiger partial charge in [-0.2, -0.15) is 0 Å². The van der Waals surface area contributed by atoms with Crippen molar-refractivity contribution in [2.24, 2.45) is 5.92 Å². The average Bonchev–Trinajstić information content (AvgIpc) is 2.88. The first-order chi connectivity index (χ1) is 9.57. The van der Waals surface area contributed by atoms with E-state index in [-0.39, 0.29) is 11.9 Å². The number of hydrogen-bond donors (Lipinski definition) is 1. The van der Waals surface area contributed by atoms with Crippen molar-refractivity contribution in [3.63, 3.8) is 0 Å². The third-order valence-corrected chi connectivity index (χ3v) is 4.94. The van der Waals surface area contributed by atoms with Crippen LogP contribution in [-0.4, -0.2) is 32.8 Å². The fourth-order valence-corrected chi connectivity index (χ4v) is 3.53. The molecule has 0 saturated heterocycles. The average molecular weight is 302 g/mol. The highest BCUT2D eigenvalue weighted by Crippen LogP contribution is 2.25. The van der Waals surface area contributed by atoms with Gasteiger partial charge < -0.3 is 9.26 Å². The van der Waals surface area contributed by atoms with Crippen molar-refractivity contribution in [1.82, 2.24) is 9.88 Å². The fraction of sp³-hybridized carbons (Fsp3) is 0.769. The summed E-state index contributed by atoms with van der Waals surface area (Å²) in [5.41, 5.74) is 0.402. The maximum absolute atomic E-state index is 11.8. The van der Waals surface area contributed by atoms with E-state index in [4.69, 9.17) is 4.74 Å². The summed E-state index contributed by atoms with van der Waals surface area (Å²) in [6, 6.07) is 1.54. The van der Waals surface area contributed by atoms with Gasteiger partial charge in [0, 0.05) is 12.6 Å². The topological polar surface area (TPSA) is 81.4 Å². The van der Waals surface area contributed by atoms with Crippen LogP contribution in [-0.2, 0) is 20.5 Å². The Hall–Kier alpha value is -0.920. The van der Waals surface area contributed by atoms with Crippen molar-refractivity contribution >= 4 is 10.0 Å². The van der Waals surface area contributed by atoms with Gasteiger partial charge in [0.1, 0.15) is 12.0 Å². The lowest BCUT2D eigenvalue weighted by atomic mass is 9.88. The summed E-state index contributed by atoms with van der Waals surface area (Å²) >= 11 is 0. The van der Waals surface area contributed by atoms with Crippen molar-refractivity contribution in [3.05, 3.63) is 18.0 Å². The molecule has 1 aromatic heterocycles. The van der Waals surface area contributed by atoms with Gasteiger partial charge >= 0.3 is 0 Å². The Labute approximate surface area is 119 Å². The van der Waals surface area contributed by atoms with E-state index in [0.717, 1.165) is 6.42 Å². The highest BCUT2D eigenvalue weighted by atomic mass is 32.2. The Balaban J connectivity index is 1.67. The number of rotatable bonds is 7. The molecule has 0 aromatic carbocycles. The van der Waals surface area contributed by atoms with E-state index in [0.29, 0.717) is 24.8 Å². The molecular weight excluding hydrogens is 280 g/mol. The Kier molecular flexibility index (Phi) is 5.56. The summed E-state index contributed by atoms with van der Waals surface area (Å²) in [4.78, 5) is 0. The van der Waals surface area contributed by atoms with Crippen molar-refractivity contribution < 1.29 is 17.7 Å². The molecule has 1 aliphatic rings. The lowest BCUT2D eigenvalue weighted by Crippen LogP contribution is -2.32. The minimum absolute atomic E-state index is 0.163. The molecule has 0 spiro atoms. The van der Waals surface area contributed by atoms with E-state index in [1.54, 1.807) is 6.07 Å². The Bertz CT molecular complexity index is 486. The minimum Gasteiger partial charge on any atom is -0.377 e. The first kappa shape index (κ1) is 15.5. The van der Waals surface area contributed by atoms with Gasteiger partial charge in [-0.3, -0.25) is 0 Å². The van der Waals surface area contributed by atoms with Gasteiger partial charge in [-0.05, 0) is 18.8 Å². The molecule has 1 N–H and O–H groups in total. The van der Waals surface area contributed by atoms with E-state index in [1.807, 2.05) is 0 Å². The first-order valence-electron chi connectivity index (χ1n) is 7.05. The van der Waals surface area contributed by atoms with Crippen LogP contribution in [0.1, 0.15) is 38.3 Å². The minimum atomic E-state index is -3.37. The quantitative estimate of drug-likeness (QED) is 0.775. The summed E-state index contributed by atoms with van der Waals surface area (Å²) in [5.74, 6) is 0.402. The molecule has 0 radical (unpaired) electrons. The van der Waals surface area contributed by atoms with Crippen LogP contribution in [0.2, 0.25) is 0 Å². The van der Waals surface area contributed by atoms with Crippen LogP contribution >= 0.6 is 0 Å². The number of nitrogens with zero attached hydrogens (tertiary/aromatic N) is 1. The number of aromatic nitrogens is 1. The zero-order valence-corrected chi connectivity index (χ0v) is 12.6. The zero-order valence-electron chi connectivity index (χ0n) is 11.7. The molecule has 6 nitrogen and oxygen atoms in total. The number of ether oxygens (including phenoxy) is 1. The van der Waals surface area contributed by atoms with Crippen molar-refractivity contribution in [2.45, 2.75) is 44.5 Å². The van der Waals surface area contributed by atoms with Crippen molar-refractivity contribution in [2.75, 3.05) is 13.2 Å². The van der Waals surface area contributed by atoms with Gasteiger partial charge in [0.2, 0.25) is 10.0 Å². The van der Waals surface area contributed by atoms with Gasteiger partial charge in [0.15, 0.2) is 0 Å². The summed E-state index contributed by atoms with van der Waals surface area (Å²) in [7, 11) is -3.37. The third kappa shape index (κ3) is 4.88. The molecule has 1 saturated carbocycles. The van der Waals surface area contributed by atoms with Crippen LogP contribution in [0.3, 0.4) is 0 Å². The molecule has 7 heteroatoms. The van der Waals surface area contributed by atoms with Crippen LogP contribution in [0.4, 0.5) is 0 Å². The lowest BCUT2D eigenvalue weighted by Gasteiger charge is -2.28. The Morgan fingerprint density at radius 1 is 1.45 bits per heavy atom. The summed E-state index contributed by atoms with van der Waals surface area (Å²) in [6.07, 6.45) is 6.37. The smallest absolute Gasteiger partial charge is 0.217 e. The van der Waals surface area contributed by atoms with E-state index in [9.17, 15) is 8.42 Å². The summed E-state index contributed by atoms with van der Waals surface area (Å²) in [6.45, 7) is 2.90. The highest BCUT2D eigenvalue weighted by molar-refractivity contribution is 7.88. The van der Waals surface area contributed by atoms with Gasteiger partial charge in [-0.1, -0.05) is 24.9 Å². The zero-order chi connectivity index (χ0) is 14.4. The molecule has 20 heavy (non-hydrogen) atoms. The first-order valence-corrected chi connectivity index (χ1v) is 8.70. The molecule has 0 amide bonds. The van der Waals surface area contributed by atoms with Gasteiger partial charge in [-0.25, -0.2) is 13.1 Å². The van der Waals surface area contributed by atoms with E-state index in [1.165, 1.54) is 25.5 Å². The Morgan fingerprint density at radius 3 is 2.95 bits per heavy atom. The maximum atomic E-state index is 11.8. The molecule has 1 aliphatic carbocycles. The maximum Gasteiger partial charge on any atom is 0.217 e. The van der Waals surface area contributed by atoms with Gasteiger partial charge in [0.25, 0.3) is 0 Å². The van der Waals surface area contributed by atoms with E-state index >= 15 is 0 Å². The second kappa shape index (κ2) is 7.19. The molecule has 1 aromatic rings. The predicted octanol–water partition coefficient (Wildman–Crippen LogP) is 1.69. The van der Waals surface area contributed by atoms with Crippen LogP contribution in [0.15, 0.2) is 16.9 Å². The SMILES string of the molecule is C[C@H]1CCCC[C@H]1OCCNS(=O)(=O)Cc1ccon1. The highest BCUT2D eigenvalue weighted by Gasteiger charge is 2.21. The molecule has 2 rings (SSSR count). The molecule has 1 fully saturated rings. The molecule has 0 bridgehead atoms. The van der Waals surface area contributed by atoms with E-state index in [2.05, 4.69) is 21.3 Å². The second-order valence-corrected chi connectivity index (χ2v) is 7.12. The molecule has 114 valence electrons. The summed E-state index contributed by atoms with van der Waals surface area (Å²) < 4.78 is 36.4. The van der Waals surface area contributed by atoms with Crippen LogP contribution < -0.4 is 4.72 Å². The third-order valence-electron chi connectivity index (χ3n) is 3.62. The second-order valence-electron chi connectivity index (χ2n) is 5.32. The van der Waals surface area contributed by atoms with Gasteiger partial charge in [-0.15, -0.1) is 0 Å².